The molecule has 0 bridgehead atoms. The maximum atomic E-state index is 9.51. The minimum atomic E-state index is -0.176. The van der Waals surface area contributed by atoms with Gasteiger partial charge in [-0.25, -0.2) is 0 Å². The molecule has 1 aliphatic carbocycles. The van der Waals surface area contributed by atoms with Gasteiger partial charge in [0, 0.05) is 26.9 Å². The number of hydrogen-bond donors (Lipinski definition) is 1. The Morgan fingerprint density at radius 3 is 2.50 bits per heavy atom. The molecule has 3 nitrogen and oxygen atoms in total. The van der Waals surface area contributed by atoms with E-state index in [1.807, 2.05) is 6.92 Å². The van der Waals surface area contributed by atoms with Crippen molar-refractivity contribution in [3.8, 4) is 0 Å². The molecule has 1 rings (SSSR count). The molecule has 1 fully saturated rings. The van der Waals surface area contributed by atoms with Crippen molar-refractivity contribution >= 4 is 0 Å². The van der Waals surface area contributed by atoms with Crippen molar-refractivity contribution < 1.29 is 14.6 Å². The van der Waals surface area contributed by atoms with Crippen LogP contribution in [0.4, 0.5) is 0 Å². The van der Waals surface area contributed by atoms with Gasteiger partial charge in [-0.3, -0.25) is 0 Å². The Morgan fingerprint density at radius 2 is 2.00 bits per heavy atom. The lowest BCUT2D eigenvalue weighted by Crippen LogP contribution is -2.20. The number of aliphatic hydroxyl groups excluding tert-OH is 1. The van der Waals surface area contributed by atoms with Crippen LogP contribution in [0.15, 0.2) is 0 Å². The van der Waals surface area contributed by atoms with E-state index < -0.39 is 0 Å². The number of methoxy groups -OCH3 is 1. The first kappa shape index (κ1) is 12.0. The molecule has 0 saturated heterocycles. The molecule has 1 atom stereocenters. The van der Waals surface area contributed by atoms with Crippen LogP contribution in [0.5, 0.6) is 0 Å². The molecule has 1 unspecified atom stereocenters. The molecule has 1 saturated carbocycles. The summed E-state index contributed by atoms with van der Waals surface area (Å²) in [4.78, 5) is 0. The molecule has 0 amide bonds. The maximum absolute atomic E-state index is 9.51. The van der Waals surface area contributed by atoms with Crippen molar-refractivity contribution in [2.75, 3.05) is 26.9 Å². The Morgan fingerprint density at radius 1 is 1.29 bits per heavy atom. The molecule has 1 N–H and O–H groups in total. The van der Waals surface area contributed by atoms with Crippen LogP contribution < -0.4 is 0 Å². The van der Waals surface area contributed by atoms with Crippen molar-refractivity contribution in [3.63, 3.8) is 0 Å². The molecular weight excluding hydrogens is 180 g/mol. The molecule has 14 heavy (non-hydrogen) atoms. The third kappa shape index (κ3) is 3.56. The molecule has 84 valence electrons. The quantitative estimate of drug-likeness (QED) is 0.607. The zero-order valence-electron chi connectivity index (χ0n) is 9.29. The number of aliphatic hydroxyl groups is 1. The summed E-state index contributed by atoms with van der Waals surface area (Å²) in [6.07, 6.45) is 4.10. The molecular formula is C11H22O3. The highest BCUT2D eigenvalue weighted by Gasteiger charge is 2.46. The lowest BCUT2D eigenvalue weighted by Gasteiger charge is -2.18. The van der Waals surface area contributed by atoms with Gasteiger partial charge in [0.25, 0.3) is 0 Å². The van der Waals surface area contributed by atoms with Crippen LogP contribution in [0.25, 0.3) is 0 Å². The molecule has 0 aromatic rings. The Hall–Kier alpha value is -0.120. The first-order valence-electron chi connectivity index (χ1n) is 5.46. The van der Waals surface area contributed by atoms with E-state index in [0.717, 1.165) is 45.5 Å². The number of rotatable bonds is 8. The van der Waals surface area contributed by atoms with Crippen molar-refractivity contribution in [1.82, 2.24) is 0 Å². The average molecular weight is 202 g/mol. The topological polar surface area (TPSA) is 38.7 Å². The van der Waals surface area contributed by atoms with Gasteiger partial charge in [-0.2, -0.15) is 0 Å². The lowest BCUT2D eigenvalue weighted by atomic mass is 9.97. The van der Waals surface area contributed by atoms with Crippen LogP contribution in [0.1, 0.15) is 32.6 Å². The summed E-state index contributed by atoms with van der Waals surface area (Å²) in [6.45, 7) is 4.19. The van der Waals surface area contributed by atoms with E-state index in [2.05, 4.69) is 0 Å². The van der Waals surface area contributed by atoms with Gasteiger partial charge < -0.3 is 14.6 Å². The van der Waals surface area contributed by atoms with Crippen LogP contribution in [0.2, 0.25) is 0 Å². The van der Waals surface area contributed by atoms with Crippen molar-refractivity contribution in [2.24, 2.45) is 5.41 Å². The van der Waals surface area contributed by atoms with E-state index in [1.54, 1.807) is 7.11 Å². The van der Waals surface area contributed by atoms with Gasteiger partial charge in [0.1, 0.15) is 0 Å². The Kier molecular flexibility index (Phi) is 4.85. The van der Waals surface area contributed by atoms with Crippen LogP contribution in [-0.2, 0) is 9.47 Å². The maximum Gasteiger partial charge on any atom is 0.0569 e. The van der Waals surface area contributed by atoms with Crippen LogP contribution in [0.3, 0.4) is 0 Å². The van der Waals surface area contributed by atoms with Gasteiger partial charge >= 0.3 is 0 Å². The summed E-state index contributed by atoms with van der Waals surface area (Å²) >= 11 is 0. The largest absolute Gasteiger partial charge is 0.393 e. The van der Waals surface area contributed by atoms with Gasteiger partial charge in [-0.1, -0.05) is 0 Å². The first-order valence-corrected chi connectivity index (χ1v) is 5.46. The third-order valence-corrected chi connectivity index (χ3v) is 3.16. The summed E-state index contributed by atoms with van der Waals surface area (Å²) in [7, 11) is 1.70. The monoisotopic (exact) mass is 202 g/mol. The normalized spacial score (nSPS) is 20.8. The van der Waals surface area contributed by atoms with Crippen LogP contribution in [-0.4, -0.2) is 38.1 Å². The zero-order valence-corrected chi connectivity index (χ0v) is 9.29. The molecule has 0 heterocycles. The Balaban J connectivity index is 1.94. The molecule has 0 aromatic carbocycles. The fourth-order valence-electron chi connectivity index (χ4n) is 1.72. The van der Waals surface area contributed by atoms with Crippen LogP contribution >= 0.6 is 0 Å². The van der Waals surface area contributed by atoms with Gasteiger partial charge in [-0.05, 0) is 38.0 Å². The van der Waals surface area contributed by atoms with Gasteiger partial charge in [0.2, 0.25) is 0 Å². The average Bonchev–Trinajstić information content (AvgIpc) is 2.92. The fraction of sp³-hybridized carbons (Fsp3) is 1.00. The highest BCUT2D eigenvalue weighted by Crippen LogP contribution is 2.51. The lowest BCUT2D eigenvalue weighted by molar-refractivity contribution is 0.0553. The molecule has 0 radical (unpaired) electrons. The minimum absolute atomic E-state index is 0.176. The number of ether oxygens (including phenoxy) is 2. The fourth-order valence-corrected chi connectivity index (χ4v) is 1.72. The highest BCUT2D eigenvalue weighted by atomic mass is 16.5. The van der Waals surface area contributed by atoms with Crippen LogP contribution in [0, 0.1) is 5.41 Å². The first-order chi connectivity index (χ1) is 6.71. The van der Waals surface area contributed by atoms with E-state index in [1.165, 1.54) is 0 Å². The summed E-state index contributed by atoms with van der Waals surface area (Å²) in [6, 6.07) is 0. The van der Waals surface area contributed by atoms with E-state index in [-0.39, 0.29) is 11.5 Å². The van der Waals surface area contributed by atoms with Gasteiger partial charge in [0.15, 0.2) is 0 Å². The van der Waals surface area contributed by atoms with E-state index in [0.29, 0.717) is 0 Å². The predicted molar refractivity (Wildman–Crippen MR) is 55.3 cm³/mol. The van der Waals surface area contributed by atoms with E-state index >= 15 is 0 Å². The Labute approximate surface area is 86.4 Å². The molecule has 0 spiro atoms. The smallest absolute Gasteiger partial charge is 0.0569 e. The van der Waals surface area contributed by atoms with Gasteiger partial charge in [-0.15, -0.1) is 0 Å². The standard InChI is InChI=1S/C11H22O3/c1-10(12)11(4-5-11)6-9-14-8-3-7-13-2/h10,12H,3-9H2,1-2H3. The number of hydrogen-bond acceptors (Lipinski definition) is 3. The summed E-state index contributed by atoms with van der Waals surface area (Å²) in [5.41, 5.74) is 0.196. The molecule has 3 heteroatoms. The van der Waals surface area contributed by atoms with Crippen molar-refractivity contribution in [1.29, 1.82) is 0 Å². The summed E-state index contributed by atoms with van der Waals surface area (Å²) < 4.78 is 10.4. The molecule has 1 aliphatic rings. The zero-order chi connectivity index (χ0) is 10.4. The second-order valence-corrected chi connectivity index (χ2v) is 4.25. The van der Waals surface area contributed by atoms with Gasteiger partial charge in [0.05, 0.1) is 6.10 Å². The SMILES string of the molecule is COCCCOCCC1(C(C)O)CC1. The predicted octanol–water partition coefficient (Wildman–Crippen LogP) is 1.59. The summed E-state index contributed by atoms with van der Waals surface area (Å²) in [5, 5.41) is 9.51. The molecule has 0 aliphatic heterocycles. The van der Waals surface area contributed by atoms with E-state index in [4.69, 9.17) is 9.47 Å². The van der Waals surface area contributed by atoms with E-state index in [9.17, 15) is 5.11 Å². The molecule has 0 aromatic heterocycles. The summed E-state index contributed by atoms with van der Waals surface area (Å²) in [5.74, 6) is 0. The minimum Gasteiger partial charge on any atom is -0.393 e. The van der Waals surface area contributed by atoms with Crippen molar-refractivity contribution in [3.05, 3.63) is 0 Å². The third-order valence-electron chi connectivity index (χ3n) is 3.16. The highest BCUT2D eigenvalue weighted by molar-refractivity contribution is 4.96. The van der Waals surface area contributed by atoms with Crippen molar-refractivity contribution in [2.45, 2.75) is 38.7 Å². The second-order valence-electron chi connectivity index (χ2n) is 4.25. The Bertz CT molecular complexity index is 153. The second kappa shape index (κ2) is 5.69.